The zero-order valence-corrected chi connectivity index (χ0v) is 14.3. The molecule has 1 aliphatic carbocycles. The number of pyridine rings is 1. The molecule has 1 aromatic carbocycles. The summed E-state index contributed by atoms with van der Waals surface area (Å²) in [5, 5.41) is 13.8. The van der Waals surface area contributed by atoms with Gasteiger partial charge in [0.05, 0.1) is 11.2 Å². The fourth-order valence-electron chi connectivity index (χ4n) is 3.23. The summed E-state index contributed by atoms with van der Waals surface area (Å²) in [6.45, 7) is 0.734. The largest absolute Gasteiger partial charge is 0.478 e. The number of nitrogens with two attached hydrogens (primary N) is 1. The Morgan fingerprint density at radius 3 is 2.74 bits per heavy atom. The second-order valence-electron chi connectivity index (χ2n) is 6.11. The van der Waals surface area contributed by atoms with Crippen LogP contribution < -0.4 is 11.1 Å². The molecule has 1 aliphatic rings. The van der Waals surface area contributed by atoms with E-state index in [0.717, 1.165) is 47.6 Å². The predicted molar refractivity (Wildman–Crippen MR) is 94.8 cm³/mol. The maximum absolute atomic E-state index is 11.6. The van der Waals surface area contributed by atoms with Gasteiger partial charge in [0.25, 0.3) is 0 Å². The van der Waals surface area contributed by atoms with Gasteiger partial charge in [-0.05, 0) is 56.3 Å². The minimum absolute atomic E-state index is 0.219. The van der Waals surface area contributed by atoms with Crippen LogP contribution in [0.15, 0.2) is 28.9 Å². The van der Waals surface area contributed by atoms with E-state index >= 15 is 0 Å². The van der Waals surface area contributed by atoms with Crippen LogP contribution in [-0.2, 0) is 0 Å². The molecule has 2 aromatic rings. The molecule has 6 heteroatoms. The molecule has 1 fully saturated rings. The molecule has 0 unspecified atom stereocenters. The second kappa shape index (κ2) is 6.84. The SMILES string of the molecule is NCC1CCC(Nc2c(C(=O)O)cnc3ccc(Br)cc23)CC1. The van der Waals surface area contributed by atoms with E-state index in [4.69, 9.17) is 5.73 Å². The number of hydrogen-bond donors (Lipinski definition) is 3. The number of rotatable bonds is 4. The normalized spacial score (nSPS) is 21.3. The van der Waals surface area contributed by atoms with Gasteiger partial charge in [-0.1, -0.05) is 15.9 Å². The third-order valence-electron chi connectivity index (χ3n) is 4.59. The molecule has 1 heterocycles. The van der Waals surface area contributed by atoms with Crippen molar-refractivity contribution in [1.29, 1.82) is 0 Å². The quantitative estimate of drug-likeness (QED) is 0.756. The van der Waals surface area contributed by atoms with Gasteiger partial charge < -0.3 is 16.2 Å². The van der Waals surface area contributed by atoms with Gasteiger partial charge in [-0.15, -0.1) is 0 Å². The number of halogens is 1. The monoisotopic (exact) mass is 377 g/mol. The van der Waals surface area contributed by atoms with E-state index in [1.165, 1.54) is 6.20 Å². The Labute approximate surface area is 143 Å². The average molecular weight is 378 g/mol. The average Bonchev–Trinajstić information content (AvgIpc) is 2.55. The Morgan fingerprint density at radius 2 is 2.09 bits per heavy atom. The molecule has 5 nitrogen and oxygen atoms in total. The van der Waals surface area contributed by atoms with Crippen LogP contribution in [0.4, 0.5) is 5.69 Å². The van der Waals surface area contributed by atoms with E-state index in [2.05, 4.69) is 26.2 Å². The van der Waals surface area contributed by atoms with Gasteiger partial charge in [-0.25, -0.2) is 4.79 Å². The van der Waals surface area contributed by atoms with Crippen LogP contribution in [-0.4, -0.2) is 28.6 Å². The highest BCUT2D eigenvalue weighted by atomic mass is 79.9. The summed E-state index contributed by atoms with van der Waals surface area (Å²) >= 11 is 3.45. The summed E-state index contributed by atoms with van der Waals surface area (Å²) < 4.78 is 0.907. The first-order valence-electron chi connectivity index (χ1n) is 7.86. The van der Waals surface area contributed by atoms with Gasteiger partial charge in [-0.2, -0.15) is 0 Å². The van der Waals surface area contributed by atoms with Crippen molar-refractivity contribution in [1.82, 2.24) is 4.98 Å². The maximum Gasteiger partial charge on any atom is 0.339 e. The summed E-state index contributed by atoms with van der Waals surface area (Å²) in [5.41, 5.74) is 7.42. The Bertz CT molecular complexity index is 727. The highest BCUT2D eigenvalue weighted by molar-refractivity contribution is 9.10. The standard InChI is InChI=1S/C17H20BrN3O2/c18-11-3-6-15-13(7-11)16(14(9-20-15)17(22)23)21-12-4-1-10(8-19)2-5-12/h3,6-7,9-10,12H,1-2,4-5,8,19H2,(H,20,21)(H,22,23). The summed E-state index contributed by atoms with van der Waals surface area (Å²) in [5.74, 6) is -0.368. The molecule has 122 valence electrons. The van der Waals surface area contributed by atoms with E-state index in [1.807, 2.05) is 18.2 Å². The van der Waals surface area contributed by atoms with Crippen molar-refractivity contribution in [2.75, 3.05) is 11.9 Å². The molecular formula is C17H20BrN3O2. The molecule has 0 atom stereocenters. The van der Waals surface area contributed by atoms with Crippen LogP contribution in [0.2, 0.25) is 0 Å². The molecule has 3 rings (SSSR count). The number of benzene rings is 1. The van der Waals surface area contributed by atoms with E-state index in [1.54, 1.807) is 0 Å². The number of carboxylic acid groups (broad SMARTS) is 1. The van der Waals surface area contributed by atoms with Crippen molar-refractivity contribution >= 4 is 38.5 Å². The molecule has 0 radical (unpaired) electrons. The van der Waals surface area contributed by atoms with Crippen LogP contribution in [0.3, 0.4) is 0 Å². The van der Waals surface area contributed by atoms with E-state index in [9.17, 15) is 9.90 Å². The van der Waals surface area contributed by atoms with Gasteiger partial charge >= 0.3 is 5.97 Å². The molecule has 1 saturated carbocycles. The van der Waals surface area contributed by atoms with Gasteiger partial charge in [0.1, 0.15) is 5.56 Å². The van der Waals surface area contributed by atoms with E-state index in [0.29, 0.717) is 11.6 Å². The van der Waals surface area contributed by atoms with E-state index in [-0.39, 0.29) is 11.6 Å². The zero-order chi connectivity index (χ0) is 16.4. The summed E-state index contributed by atoms with van der Waals surface area (Å²) in [6, 6.07) is 6.00. The van der Waals surface area contributed by atoms with Crippen LogP contribution >= 0.6 is 15.9 Å². The topological polar surface area (TPSA) is 88.2 Å². The van der Waals surface area contributed by atoms with Crippen LogP contribution in [0, 0.1) is 5.92 Å². The van der Waals surface area contributed by atoms with Crippen molar-refractivity contribution < 1.29 is 9.90 Å². The van der Waals surface area contributed by atoms with Gasteiger partial charge in [0.2, 0.25) is 0 Å². The van der Waals surface area contributed by atoms with Crippen molar-refractivity contribution in [2.45, 2.75) is 31.7 Å². The number of carboxylic acids is 1. The Balaban J connectivity index is 1.95. The Hall–Kier alpha value is -1.66. The third kappa shape index (κ3) is 3.48. The van der Waals surface area contributed by atoms with Crippen LogP contribution in [0.25, 0.3) is 10.9 Å². The van der Waals surface area contributed by atoms with E-state index < -0.39 is 5.97 Å². The number of anilines is 1. The third-order valence-corrected chi connectivity index (χ3v) is 5.08. The highest BCUT2D eigenvalue weighted by Gasteiger charge is 2.23. The minimum Gasteiger partial charge on any atom is -0.478 e. The molecule has 0 aliphatic heterocycles. The predicted octanol–water partition coefficient (Wildman–Crippen LogP) is 3.62. The molecule has 4 N–H and O–H groups in total. The highest BCUT2D eigenvalue weighted by Crippen LogP contribution is 2.32. The molecule has 0 spiro atoms. The first-order valence-corrected chi connectivity index (χ1v) is 8.66. The molecule has 0 bridgehead atoms. The molecule has 0 saturated heterocycles. The summed E-state index contributed by atoms with van der Waals surface area (Å²) in [7, 11) is 0. The van der Waals surface area contributed by atoms with Crippen LogP contribution in [0.5, 0.6) is 0 Å². The van der Waals surface area contributed by atoms with Crippen LogP contribution in [0.1, 0.15) is 36.0 Å². The molecular weight excluding hydrogens is 358 g/mol. The first kappa shape index (κ1) is 16.2. The minimum atomic E-state index is -0.961. The summed E-state index contributed by atoms with van der Waals surface area (Å²) in [4.78, 5) is 15.8. The first-order chi connectivity index (χ1) is 11.1. The number of nitrogens with one attached hydrogen (secondary N) is 1. The fourth-order valence-corrected chi connectivity index (χ4v) is 3.59. The van der Waals surface area contributed by atoms with Gasteiger partial charge in [0, 0.05) is 22.1 Å². The molecule has 1 aromatic heterocycles. The lowest BCUT2D eigenvalue weighted by Crippen LogP contribution is -2.29. The molecule has 0 amide bonds. The number of aromatic carboxylic acids is 1. The number of hydrogen-bond acceptors (Lipinski definition) is 4. The Kier molecular flexibility index (Phi) is 4.82. The van der Waals surface area contributed by atoms with Crippen molar-refractivity contribution in [3.63, 3.8) is 0 Å². The number of nitrogens with zero attached hydrogens (tertiary/aromatic N) is 1. The number of fused-ring (bicyclic) bond motifs is 1. The fraction of sp³-hybridized carbons (Fsp3) is 0.412. The van der Waals surface area contributed by atoms with Crippen molar-refractivity contribution in [2.24, 2.45) is 11.7 Å². The lowest BCUT2D eigenvalue weighted by Gasteiger charge is -2.29. The molecule has 23 heavy (non-hydrogen) atoms. The second-order valence-corrected chi connectivity index (χ2v) is 7.03. The van der Waals surface area contributed by atoms with Gasteiger partial charge in [-0.3, -0.25) is 4.98 Å². The zero-order valence-electron chi connectivity index (χ0n) is 12.8. The number of carbonyl (C=O) groups is 1. The lowest BCUT2D eigenvalue weighted by molar-refractivity contribution is 0.0697. The van der Waals surface area contributed by atoms with Gasteiger partial charge in [0.15, 0.2) is 0 Å². The summed E-state index contributed by atoms with van der Waals surface area (Å²) in [6.07, 6.45) is 5.64. The lowest BCUT2D eigenvalue weighted by atomic mass is 9.86. The maximum atomic E-state index is 11.6. The van der Waals surface area contributed by atoms with Crippen molar-refractivity contribution in [3.8, 4) is 0 Å². The smallest absolute Gasteiger partial charge is 0.339 e. The Morgan fingerprint density at radius 1 is 1.35 bits per heavy atom. The number of aromatic nitrogens is 1. The van der Waals surface area contributed by atoms with Crippen molar-refractivity contribution in [3.05, 3.63) is 34.4 Å².